The Labute approximate surface area is 84.0 Å². The second-order valence-corrected chi connectivity index (χ2v) is 5.01. The molecule has 2 bridgehead atoms. The molecule has 2 nitrogen and oxygen atoms in total. The van der Waals surface area contributed by atoms with Crippen molar-refractivity contribution in [2.24, 2.45) is 5.92 Å². The molecule has 3 heteroatoms. The fourth-order valence-corrected chi connectivity index (χ4v) is 3.34. The lowest BCUT2D eigenvalue weighted by Crippen LogP contribution is -2.59. The normalized spacial score (nSPS) is 43.2. The standard InChI is InChI=1S/C10H16ClNO/c1-7(13)12-10-4-2-8(3-5-10)6-9(10)11/h8-9H,2-6H2,1H3,(H,12,13). The highest BCUT2D eigenvalue weighted by Crippen LogP contribution is 2.46. The topological polar surface area (TPSA) is 29.1 Å². The van der Waals surface area contributed by atoms with E-state index in [1.54, 1.807) is 6.92 Å². The molecular formula is C10H16ClNO. The number of carbonyl (C=O) groups excluding carboxylic acids is 1. The summed E-state index contributed by atoms with van der Waals surface area (Å²) in [5.41, 5.74) is -0.0673. The van der Waals surface area contributed by atoms with E-state index in [1.807, 2.05) is 0 Å². The quantitative estimate of drug-likeness (QED) is 0.647. The van der Waals surface area contributed by atoms with E-state index in [0.29, 0.717) is 0 Å². The predicted molar refractivity (Wildman–Crippen MR) is 52.8 cm³/mol. The van der Waals surface area contributed by atoms with Crippen LogP contribution in [0.1, 0.15) is 39.0 Å². The van der Waals surface area contributed by atoms with Gasteiger partial charge in [0.15, 0.2) is 0 Å². The maximum atomic E-state index is 11.1. The van der Waals surface area contributed by atoms with Gasteiger partial charge in [-0.15, -0.1) is 11.6 Å². The number of halogens is 1. The highest BCUT2D eigenvalue weighted by Gasteiger charge is 2.47. The summed E-state index contributed by atoms with van der Waals surface area (Å²) in [6.45, 7) is 1.58. The summed E-state index contributed by atoms with van der Waals surface area (Å²) in [6.07, 6.45) is 5.71. The van der Waals surface area contributed by atoms with Crippen molar-refractivity contribution in [1.29, 1.82) is 0 Å². The van der Waals surface area contributed by atoms with Crippen molar-refractivity contribution < 1.29 is 4.79 Å². The third kappa shape index (κ3) is 1.56. The zero-order chi connectivity index (χ0) is 9.47. The lowest BCUT2D eigenvalue weighted by molar-refractivity contribution is -0.122. The molecule has 1 N–H and O–H groups in total. The van der Waals surface area contributed by atoms with E-state index in [0.717, 1.165) is 25.2 Å². The number of amides is 1. The van der Waals surface area contributed by atoms with Crippen molar-refractivity contribution in [3.05, 3.63) is 0 Å². The molecule has 3 fully saturated rings. The minimum atomic E-state index is -0.0673. The minimum Gasteiger partial charge on any atom is -0.349 e. The molecule has 0 heterocycles. The molecule has 0 spiro atoms. The first kappa shape index (κ1) is 9.32. The molecule has 0 aromatic rings. The van der Waals surface area contributed by atoms with Crippen LogP contribution in [0, 0.1) is 5.92 Å². The van der Waals surface area contributed by atoms with Gasteiger partial charge in [-0.3, -0.25) is 4.79 Å². The Balaban J connectivity index is 2.13. The SMILES string of the molecule is CC(=O)NC12CCC(CC1)CC2Cl. The number of hydrogen-bond donors (Lipinski definition) is 1. The van der Waals surface area contributed by atoms with Crippen LogP contribution in [0.2, 0.25) is 0 Å². The van der Waals surface area contributed by atoms with Crippen LogP contribution in [0.3, 0.4) is 0 Å². The van der Waals surface area contributed by atoms with Gasteiger partial charge in [0.05, 0.1) is 10.9 Å². The number of hydrogen-bond acceptors (Lipinski definition) is 1. The molecule has 0 aromatic heterocycles. The summed E-state index contributed by atoms with van der Waals surface area (Å²) >= 11 is 6.30. The van der Waals surface area contributed by atoms with Crippen molar-refractivity contribution in [2.45, 2.75) is 49.9 Å². The summed E-state index contributed by atoms with van der Waals surface area (Å²) in [6, 6.07) is 0. The van der Waals surface area contributed by atoms with Gasteiger partial charge in [-0.25, -0.2) is 0 Å². The first-order chi connectivity index (χ1) is 6.12. The Hall–Kier alpha value is -0.240. The Bertz CT molecular complexity index is 221. The predicted octanol–water partition coefficient (Wildman–Crippen LogP) is 2.06. The third-order valence-corrected chi connectivity index (χ3v) is 4.16. The third-order valence-electron chi connectivity index (χ3n) is 3.56. The summed E-state index contributed by atoms with van der Waals surface area (Å²) in [7, 11) is 0. The van der Waals surface area contributed by atoms with E-state index in [4.69, 9.17) is 11.6 Å². The molecule has 0 aliphatic heterocycles. The molecule has 0 saturated heterocycles. The van der Waals surface area contributed by atoms with E-state index in [2.05, 4.69) is 5.32 Å². The summed E-state index contributed by atoms with van der Waals surface area (Å²) in [5, 5.41) is 3.22. The monoisotopic (exact) mass is 201 g/mol. The zero-order valence-corrected chi connectivity index (χ0v) is 8.73. The average molecular weight is 202 g/mol. The van der Waals surface area contributed by atoms with Crippen molar-refractivity contribution in [3.63, 3.8) is 0 Å². The van der Waals surface area contributed by atoms with Crippen molar-refractivity contribution in [2.75, 3.05) is 0 Å². The van der Waals surface area contributed by atoms with Gasteiger partial charge in [-0.2, -0.15) is 0 Å². The fraction of sp³-hybridized carbons (Fsp3) is 0.900. The maximum Gasteiger partial charge on any atom is 0.217 e. The second-order valence-electron chi connectivity index (χ2n) is 4.48. The molecule has 1 unspecified atom stereocenters. The van der Waals surface area contributed by atoms with Gasteiger partial charge in [0.2, 0.25) is 5.91 Å². The van der Waals surface area contributed by atoms with Crippen LogP contribution in [-0.2, 0) is 4.79 Å². The summed E-state index contributed by atoms with van der Waals surface area (Å²) < 4.78 is 0. The second kappa shape index (κ2) is 3.16. The maximum absolute atomic E-state index is 11.1. The van der Waals surface area contributed by atoms with Gasteiger partial charge in [-0.05, 0) is 38.0 Å². The fourth-order valence-electron chi connectivity index (χ4n) is 2.81. The highest BCUT2D eigenvalue weighted by molar-refractivity contribution is 6.21. The Morgan fingerprint density at radius 2 is 2.08 bits per heavy atom. The van der Waals surface area contributed by atoms with Crippen LogP contribution in [0.15, 0.2) is 0 Å². The van der Waals surface area contributed by atoms with Crippen LogP contribution < -0.4 is 5.32 Å². The first-order valence-corrected chi connectivity index (χ1v) is 5.49. The molecule has 3 saturated carbocycles. The van der Waals surface area contributed by atoms with E-state index in [-0.39, 0.29) is 16.8 Å². The number of alkyl halides is 1. The molecule has 1 atom stereocenters. The largest absolute Gasteiger partial charge is 0.349 e. The lowest BCUT2D eigenvalue weighted by Gasteiger charge is -2.50. The Kier molecular flexibility index (Phi) is 2.26. The Morgan fingerprint density at radius 1 is 1.46 bits per heavy atom. The molecule has 3 rings (SSSR count). The number of carbonyl (C=O) groups is 1. The van der Waals surface area contributed by atoms with Crippen LogP contribution in [0.5, 0.6) is 0 Å². The minimum absolute atomic E-state index is 0.0611. The van der Waals surface area contributed by atoms with E-state index in [9.17, 15) is 4.79 Å². The van der Waals surface area contributed by atoms with Gasteiger partial charge >= 0.3 is 0 Å². The number of rotatable bonds is 1. The lowest BCUT2D eigenvalue weighted by atomic mass is 9.65. The molecule has 0 aromatic carbocycles. The Morgan fingerprint density at radius 3 is 2.54 bits per heavy atom. The van der Waals surface area contributed by atoms with Gasteiger partial charge < -0.3 is 5.32 Å². The first-order valence-electron chi connectivity index (χ1n) is 5.05. The molecule has 3 aliphatic carbocycles. The average Bonchev–Trinajstić information content (AvgIpc) is 2.06. The van der Waals surface area contributed by atoms with E-state index in [1.165, 1.54) is 12.8 Å². The van der Waals surface area contributed by atoms with Crippen LogP contribution in [-0.4, -0.2) is 16.8 Å². The van der Waals surface area contributed by atoms with Gasteiger partial charge in [-0.1, -0.05) is 0 Å². The molecule has 3 aliphatic rings. The van der Waals surface area contributed by atoms with Crippen LogP contribution in [0.4, 0.5) is 0 Å². The smallest absolute Gasteiger partial charge is 0.217 e. The van der Waals surface area contributed by atoms with E-state index >= 15 is 0 Å². The van der Waals surface area contributed by atoms with Crippen LogP contribution in [0.25, 0.3) is 0 Å². The van der Waals surface area contributed by atoms with Crippen LogP contribution >= 0.6 is 11.6 Å². The highest BCUT2D eigenvalue weighted by atomic mass is 35.5. The summed E-state index contributed by atoms with van der Waals surface area (Å²) in [4.78, 5) is 11.1. The molecular weight excluding hydrogens is 186 g/mol. The van der Waals surface area contributed by atoms with Gasteiger partial charge in [0, 0.05) is 6.92 Å². The molecule has 74 valence electrons. The van der Waals surface area contributed by atoms with Gasteiger partial charge in [0.25, 0.3) is 0 Å². The van der Waals surface area contributed by atoms with E-state index < -0.39 is 0 Å². The number of fused-ring (bicyclic) bond motifs is 3. The van der Waals surface area contributed by atoms with Crippen molar-refractivity contribution >= 4 is 17.5 Å². The summed E-state index contributed by atoms with van der Waals surface area (Å²) in [5.74, 6) is 0.879. The zero-order valence-electron chi connectivity index (χ0n) is 7.98. The van der Waals surface area contributed by atoms with Crippen molar-refractivity contribution in [3.8, 4) is 0 Å². The number of nitrogens with one attached hydrogen (secondary N) is 1. The van der Waals surface area contributed by atoms with Crippen molar-refractivity contribution in [1.82, 2.24) is 5.32 Å². The molecule has 1 amide bonds. The molecule has 0 radical (unpaired) electrons. The van der Waals surface area contributed by atoms with Gasteiger partial charge in [0.1, 0.15) is 0 Å². The molecule has 13 heavy (non-hydrogen) atoms.